The van der Waals surface area contributed by atoms with Crippen LogP contribution in [0.15, 0.2) is 138 Å². The number of rotatable bonds is 26. The van der Waals surface area contributed by atoms with E-state index in [1.165, 1.54) is 56.9 Å². The van der Waals surface area contributed by atoms with Gasteiger partial charge in [0.15, 0.2) is 5.69 Å². The van der Waals surface area contributed by atoms with Crippen LogP contribution in [0, 0.1) is 35.8 Å². The fraction of sp³-hybridized carbons (Fsp3) is 0.247. The maximum Gasteiger partial charge on any atom is 0.328 e. The van der Waals surface area contributed by atoms with Crippen LogP contribution in [0.5, 0.6) is 23.0 Å². The average molecular weight is 1260 g/mol. The number of allylic oxidation sites excluding steroid dienone is 5. The molecule has 2 aromatic heterocycles. The van der Waals surface area contributed by atoms with E-state index in [2.05, 4.69) is 21.8 Å². The van der Waals surface area contributed by atoms with Gasteiger partial charge in [-0.2, -0.15) is 10.5 Å². The quantitative estimate of drug-likeness (QED) is 0.0294. The molecule has 4 N–H and O–H groups in total. The number of para-hydroxylation sites is 1. The van der Waals surface area contributed by atoms with Crippen molar-refractivity contribution >= 4 is 69.0 Å². The van der Waals surface area contributed by atoms with Crippen molar-refractivity contribution in [1.29, 1.82) is 10.5 Å². The van der Waals surface area contributed by atoms with E-state index in [9.17, 15) is 37.5 Å². The first-order valence-corrected chi connectivity index (χ1v) is 30.0. The molecule has 0 saturated carbocycles. The molecule has 474 valence electrons. The highest BCUT2D eigenvalue weighted by atomic mass is 16.5. The molecule has 0 unspecified atom stereocenters. The highest BCUT2D eigenvalue weighted by molar-refractivity contribution is 6.85. The Morgan fingerprint density at radius 3 is 1.27 bits per heavy atom. The Morgan fingerprint density at radius 1 is 0.532 bits per heavy atom. The predicted octanol–water partition coefficient (Wildman–Crippen LogP) is 8.45. The first-order valence-electron chi connectivity index (χ1n) is 30.0. The summed E-state index contributed by atoms with van der Waals surface area (Å²) in [6.07, 6.45) is 9.92. The highest BCUT2D eigenvalue weighted by Gasteiger charge is 2.40. The summed E-state index contributed by atoms with van der Waals surface area (Å²) in [5.74, 6) is -0.310. The van der Waals surface area contributed by atoms with Crippen LogP contribution in [-0.2, 0) is 90.7 Å². The molecule has 6 aromatic carbocycles. The Balaban J connectivity index is 1.66. The Morgan fingerprint density at radius 2 is 0.915 bits per heavy atom. The molecule has 0 amide bonds. The summed E-state index contributed by atoms with van der Waals surface area (Å²) in [7, 11) is 12.1. The molecule has 0 bridgehead atoms. The first-order chi connectivity index (χ1) is 45.8. The molecule has 0 saturated heterocycles. The van der Waals surface area contributed by atoms with E-state index >= 15 is 0 Å². The third-order valence-corrected chi connectivity index (χ3v) is 16.7. The summed E-state index contributed by atoms with van der Waals surface area (Å²) >= 11 is 0. The number of hydrogen-bond donors (Lipinski definition) is 4. The van der Waals surface area contributed by atoms with Crippen molar-refractivity contribution in [3.05, 3.63) is 217 Å². The van der Waals surface area contributed by atoms with Crippen LogP contribution in [0.2, 0.25) is 0 Å². The molecule has 8 aromatic rings. The molecule has 1 aliphatic heterocycles. The van der Waals surface area contributed by atoms with Gasteiger partial charge in [0.2, 0.25) is 5.70 Å². The Kier molecular flexibility index (Phi) is 21.3. The van der Waals surface area contributed by atoms with Crippen LogP contribution in [0.1, 0.15) is 62.9 Å². The lowest BCUT2D eigenvalue weighted by molar-refractivity contribution is 0.174. The molecular weight excluding hydrogens is 1190 g/mol. The largest absolute Gasteiger partial charge is 0.507 e. The lowest BCUT2D eigenvalue weighted by atomic mass is 9.49. The minimum Gasteiger partial charge on any atom is -0.507 e. The fourth-order valence-electron chi connectivity index (χ4n) is 13.0. The molecule has 0 fully saturated rings. The normalized spacial score (nSPS) is 13.1. The molecule has 0 radical (unpaired) electrons. The highest BCUT2D eigenvalue weighted by Crippen LogP contribution is 2.42. The van der Waals surface area contributed by atoms with Crippen LogP contribution in [0.3, 0.4) is 0 Å². The van der Waals surface area contributed by atoms with Crippen LogP contribution < -0.4 is 32.5 Å². The fourth-order valence-corrected chi connectivity index (χ4v) is 13.0. The summed E-state index contributed by atoms with van der Waals surface area (Å²) in [5, 5.41) is 73.9. The molecule has 3 heterocycles. The molecule has 1 aliphatic carbocycles. The molecule has 21 heteroatoms. The summed E-state index contributed by atoms with van der Waals surface area (Å²) in [6.45, 7) is 16.0. The number of nitrogens with zero attached hydrogens (tertiary/aromatic N) is 7. The second kappa shape index (κ2) is 30.0. The van der Waals surface area contributed by atoms with E-state index in [0.29, 0.717) is 117 Å². The van der Waals surface area contributed by atoms with Gasteiger partial charge < -0.3 is 67.3 Å². The molecule has 0 spiro atoms. The Hall–Kier alpha value is -10.3. The third-order valence-electron chi connectivity index (χ3n) is 16.7. The lowest BCUT2D eigenvalue weighted by Gasteiger charge is -2.27. The van der Waals surface area contributed by atoms with Crippen LogP contribution in [0.4, 0.5) is 5.69 Å². The van der Waals surface area contributed by atoms with E-state index in [4.69, 9.17) is 49.5 Å². The van der Waals surface area contributed by atoms with Gasteiger partial charge >= 0.3 is 13.7 Å². The minimum absolute atomic E-state index is 0.0558. The number of aromatic hydroxyl groups is 4. The standard InChI is InChI=1S/C73H69B2N7O12/c1-78-61-23-16-15-22-59(61)67-64-63(68(60(35-77)44-18-11-12-19-44)81(67)74(54-26-46(36-87-3)70(83)47(27-54)37-88-4)55-28-48(38-89-5)71(84)49(29-55)39-90-6)66(58-21-14-13-20-45(58)34-76)82(69(64)65(79-2)62-24-17-25-80-62)75(56-30-50(40-91-7)72(85)51(31-56)41-92-8)57-32-52(42-93-9)73(86)53(33-57)43-94-10/h11,13-23,25-33,83-86H,12,24,36-43H2,3-10H3/b68-60-,69-65+. The van der Waals surface area contributed by atoms with Gasteiger partial charge in [-0.3, -0.25) is 4.99 Å². The van der Waals surface area contributed by atoms with Gasteiger partial charge in [0, 0.05) is 146 Å². The Labute approximate surface area is 546 Å². The van der Waals surface area contributed by atoms with Crippen LogP contribution in [0.25, 0.3) is 54.2 Å². The van der Waals surface area contributed by atoms with E-state index in [1.807, 2.05) is 106 Å². The third kappa shape index (κ3) is 12.6. The smallest absolute Gasteiger partial charge is 0.328 e. The first kappa shape index (κ1) is 66.7. The molecular formula is C73H69B2N7O12. The predicted molar refractivity (Wildman–Crippen MR) is 362 cm³/mol. The van der Waals surface area contributed by atoms with Gasteiger partial charge in [-0.05, 0) is 46.3 Å². The van der Waals surface area contributed by atoms with Crippen molar-refractivity contribution in [3.63, 3.8) is 0 Å². The van der Waals surface area contributed by atoms with Gasteiger partial charge in [0.1, 0.15) is 29.1 Å². The van der Waals surface area contributed by atoms with Crippen molar-refractivity contribution in [2.75, 3.05) is 56.9 Å². The molecule has 2 aliphatic rings. The van der Waals surface area contributed by atoms with E-state index in [1.54, 1.807) is 30.5 Å². The Bertz CT molecular complexity index is 4410. The second-order valence-electron chi connectivity index (χ2n) is 22.6. The SMILES string of the molecule is [C-]#[N+]/C(C1=NC=CC1)=c1\c2c(-c3ccccc3[N+]#[C-])n(B(c3cc(COC)c(O)c(COC)c3)c3cc(COC)c(O)c(COC)c3)/c(=C(/C#N)C3=CCC=C3)c2c(-c2ccccc2C#N)n1B(c1cc(COC)c(O)c(COC)c1)c1cc(COC)c(O)c(COC)c1. The second-order valence-corrected chi connectivity index (χ2v) is 22.6. The summed E-state index contributed by atoms with van der Waals surface area (Å²) in [5.41, 5.74) is 8.02. The van der Waals surface area contributed by atoms with Gasteiger partial charge in [-0.15, -0.1) is 0 Å². The van der Waals surface area contributed by atoms with Crippen LogP contribution in [-0.4, -0.2) is 106 Å². The number of fused-ring (bicyclic) bond motifs is 1. The number of ether oxygens (including phenoxy) is 8. The van der Waals surface area contributed by atoms with Gasteiger partial charge in [0.05, 0.1) is 94.3 Å². The molecule has 94 heavy (non-hydrogen) atoms. The minimum atomic E-state index is -1.15. The molecule has 10 rings (SSSR count). The zero-order valence-electron chi connectivity index (χ0n) is 53.5. The van der Waals surface area contributed by atoms with Crippen molar-refractivity contribution in [2.24, 2.45) is 4.99 Å². The number of methoxy groups -OCH3 is 8. The number of phenols is 4. The number of phenolic OH excluding ortho intramolecular Hbond substituents is 4. The maximum absolute atomic E-state index is 12.5. The van der Waals surface area contributed by atoms with Crippen molar-refractivity contribution in [3.8, 4) is 57.7 Å². The zero-order chi connectivity index (χ0) is 66.7. The average Bonchev–Trinajstić information content (AvgIpc) is 1.53. The van der Waals surface area contributed by atoms with Crippen molar-refractivity contribution in [1.82, 2.24) is 8.96 Å². The lowest BCUT2D eigenvalue weighted by Crippen LogP contribution is -2.55. The maximum atomic E-state index is 12.5. The molecule has 0 atom stereocenters. The van der Waals surface area contributed by atoms with Gasteiger partial charge in [0.25, 0.3) is 0 Å². The monoisotopic (exact) mass is 1260 g/mol. The van der Waals surface area contributed by atoms with E-state index in [-0.39, 0.29) is 115 Å². The zero-order valence-corrected chi connectivity index (χ0v) is 53.5. The van der Waals surface area contributed by atoms with Gasteiger partial charge in [-0.1, -0.05) is 115 Å². The van der Waals surface area contributed by atoms with Crippen molar-refractivity contribution in [2.45, 2.75) is 65.7 Å². The van der Waals surface area contributed by atoms with Gasteiger partial charge in [-0.25, -0.2) is 9.69 Å². The number of benzene rings is 6. The van der Waals surface area contributed by atoms with Crippen LogP contribution >= 0.6 is 0 Å². The molecule has 19 nitrogen and oxygen atoms in total. The number of nitriles is 2. The summed E-state index contributed by atoms with van der Waals surface area (Å²) in [6, 6.07) is 33.9. The van der Waals surface area contributed by atoms with E-state index in [0.717, 1.165) is 0 Å². The number of hydrogen-bond acceptors (Lipinski definition) is 15. The number of aliphatic imine (C=N–C) groups is 1. The van der Waals surface area contributed by atoms with E-state index < -0.39 is 13.7 Å². The summed E-state index contributed by atoms with van der Waals surface area (Å²) < 4.78 is 50.4. The van der Waals surface area contributed by atoms with Crippen molar-refractivity contribution < 1.29 is 58.3 Å². The topological polar surface area (TPSA) is 233 Å². The summed E-state index contributed by atoms with van der Waals surface area (Å²) in [4.78, 5) is 13.7. The number of aromatic nitrogens is 2.